The van der Waals surface area contributed by atoms with E-state index in [0.717, 1.165) is 0 Å². The minimum atomic E-state index is -4.60. The molecule has 0 aliphatic rings. The summed E-state index contributed by atoms with van der Waals surface area (Å²) in [5.41, 5.74) is -1.01. The van der Waals surface area contributed by atoms with E-state index in [0.29, 0.717) is 27.0 Å². The van der Waals surface area contributed by atoms with E-state index in [-0.39, 0.29) is 31.6 Å². The molecule has 0 aliphatic heterocycles. The molecule has 0 N–H and O–H groups in total. The van der Waals surface area contributed by atoms with Gasteiger partial charge in [0.2, 0.25) is 0 Å². The Kier molecular flexibility index (Phi) is 7.67. The lowest BCUT2D eigenvalue weighted by Gasteiger charge is -2.16. The van der Waals surface area contributed by atoms with E-state index in [4.69, 9.17) is 55.9 Å². The lowest BCUT2D eigenvalue weighted by molar-refractivity contribution is -0.137. The fourth-order valence-corrected chi connectivity index (χ4v) is 3.10. The molecule has 0 radical (unpaired) electrons. The summed E-state index contributed by atoms with van der Waals surface area (Å²) < 4.78 is 50.1. The molecule has 0 amide bonds. The molecule has 2 aromatic rings. The highest BCUT2D eigenvalue weighted by Crippen LogP contribution is 2.46. The largest absolute Gasteiger partial charge is 0.460 e. The summed E-state index contributed by atoms with van der Waals surface area (Å²) in [7, 11) is 0. The molecule has 0 aromatic heterocycles. The average molecular weight is 590 g/mol. The Labute approximate surface area is 189 Å². The predicted octanol–water partition coefficient (Wildman–Crippen LogP) is 9.47. The molecule has 2 nitrogen and oxygen atoms in total. The van der Waals surface area contributed by atoms with Crippen LogP contribution < -0.4 is 9.47 Å². The summed E-state index contributed by atoms with van der Waals surface area (Å²) in [6.45, 7) is 1.69. The molecular weight excluding hydrogens is 583 g/mol. The first-order valence-electron chi connectivity index (χ1n) is 6.83. The van der Waals surface area contributed by atoms with Crippen LogP contribution in [0, 0.1) is 0 Å². The average Bonchev–Trinajstić information content (AvgIpc) is 2.51. The van der Waals surface area contributed by atoms with Crippen molar-refractivity contribution in [2.45, 2.75) is 13.1 Å². The second kappa shape index (κ2) is 9.01. The van der Waals surface area contributed by atoms with Gasteiger partial charge in [-0.3, -0.25) is 0 Å². The van der Waals surface area contributed by atoms with Crippen LogP contribution in [0.1, 0.15) is 12.5 Å². The molecule has 0 fully saturated rings. The lowest BCUT2D eigenvalue weighted by atomic mass is 10.2. The van der Waals surface area contributed by atoms with Crippen LogP contribution in [0.5, 0.6) is 17.2 Å². The van der Waals surface area contributed by atoms with Gasteiger partial charge in [0.15, 0.2) is 11.5 Å². The van der Waals surface area contributed by atoms with Gasteiger partial charge in [-0.15, -0.1) is 0 Å². The number of allylic oxidation sites excluding steroid dienone is 1. The highest BCUT2D eigenvalue weighted by atomic mass is 79.9. The van der Waals surface area contributed by atoms with E-state index in [1.165, 1.54) is 12.1 Å². The number of benzene rings is 2. The molecule has 0 bridgehead atoms. The molecule has 2 aromatic carbocycles. The first kappa shape index (κ1) is 23.0. The molecule has 11 heteroatoms. The van der Waals surface area contributed by atoms with Crippen LogP contribution in [-0.2, 0) is 6.18 Å². The molecule has 0 atom stereocenters. The molecule has 2 rings (SSSR count). The summed E-state index contributed by atoms with van der Waals surface area (Å²) >= 11 is 30.5. The molecule has 0 saturated carbocycles. The van der Waals surface area contributed by atoms with Crippen LogP contribution in [0.4, 0.5) is 13.2 Å². The maximum Gasteiger partial charge on any atom is 0.416 e. The minimum absolute atomic E-state index is 0.0335. The lowest BCUT2D eigenvalue weighted by Crippen LogP contribution is -2.05. The van der Waals surface area contributed by atoms with Gasteiger partial charge in [0.1, 0.15) is 11.5 Å². The van der Waals surface area contributed by atoms with Gasteiger partial charge in [0.05, 0.1) is 29.0 Å². The van der Waals surface area contributed by atoms with Crippen LogP contribution >= 0.6 is 78.3 Å². The Morgan fingerprint density at radius 1 is 0.852 bits per heavy atom. The summed E-state index contributed by atoms with van der Waals surface area (Å²) in [6, 6.07) is 4.23. The zero-order valence-corrected chi connectivity index (χ0v) is 19.2. The van der Waals surface area contributed by atoms with Gasteiger partial charge in [-0.05, 0) is 50.9 Å². The van der Waals surface area contributed by atoms with Crippen molar-refractivity contribution in [1.29, 1.82) is 0 Å². The fourth-order valence-electron chi connectivity index (χ4n) is 1.83. The van der Waals surface area contributed by atoms with Crippen molar-refractivity contribution < 1.29 is 22.6 Å². The molecular formula is C16H7Br2Cl4F3O2. The van der Waals surface area contributed by atoms with Gasteiger partial charge in [-0.1, -0.05) is 46.4 Å². The van der Waals surface area contributed by atoms with Gasteiger partial charge in [-0.2, -0.15) is 13.2 Å². The predicted molar refractivity (Wildman–Crippen MR) is 109 cm³/mol. The standard InChI is InChI=1S/C16H7Br2Cl4F3O2/c1-6(15(17)18)26-8-4-11(21)14(12(22)5-8)27-13-9(19)2-7(3-10(13)20)16(23,24)25/h2-5H,1H3. The molecule has 0 saturated heterocycles. The maximum absolute atomic E-state index is 12.8. The van der Waals surface area contributed by atoms with Crippen LogP contribution in [0.2, 0.25) is 20.1 Å². The molecule has 0 heterocycles. The molecule has 0 unspecified atom stereocenters. The highest BCUT2D eigenvalue weighted by Gasteiger charge is 2.32. The Bertz CT molecular complexity index is 867. The van der Waals surface area contributed by atoms with E-state index in [1.54, 1.807) is 6.92 Å². The summed E-state index contributed by atoms with van der Waals surface area (Å²) in [5.74, 6) is 0.581. The van der Waals surface area contributed by atoms with Gasteiger partial charge >= 0.3 is 6.18 Å². The van der Waals surface area contributed by atoms with Crippen molar-refractivity contribution in [1.82, 2.24) is 0 Å². The number of ether oxygens (including phenoxy) is 2. The number of alkyl halides is 3. The first-order chi connectivity index (χ1) is 12.4. The second-order valence-corrected chi connectivity index (χ2v) is 9.28. The van der Waals surface area contributed by atoms with Crippen molar-refractivity contribution in [3.8, 4) is 17.2 Å². The van der Waals surface area contributed by atoms with Gasteiger partial charge < -0.3 is 9.47 Å². The number of rotatable bonds is 4. The SMILES string of the molecule is CC(Oc1cc(Cl)c(Oc2c(Cl)cc(C(F)(F)F)cc2Cl)c(Cl)c1)=C(Br)Br. The van der Waals surface area contributed by atoms with Gasteiger partial charge in [0, 0.05) is 12.1 Å². The monoisotopic (exact) mass is 586 g/mol. The number of hydrogen-bond donors (Lipinski definition) is 0. The van der Waals surface area contributed by atoms with E-state index < -0.39 is 11.7 Å². The number of halogens is 9. The van der Waals surface area contributed by atoms with Gasteiger partial charge in [-0.25, -0.2) is 0 Å². The van der Waals surface area contributed by atoms with Crippen LogP contribution in [-0.4, -0.2) is 0 Å². The second-order valence-electron chi connectivity index (χ2n) is 5.00. The first-order valence-corrected chi connectivity index (χ1v) is 9.92. The van der Waals surface area contributed by atoms with Crippen molar-refractivity contribution in [2.75, 3.05) is 0 Å². The molecule has 0 spiro atoms. The zero-order valence-electron chi connectivity index (χ0n) is 13.0. The Morgan fingerprint density at radius 2 is 1.26 bits per heavy atom. The van der Waals surface area contributed by atoms with Crippen LogP contribution in [0.3, 0.4) is 0 Å². The molecule has 27 heavy (non-hydrogen) atoms. The van der Waals surface area contributed by atoms with Crippen molar-refractivity contribution in [3.05, 3.63) is 59.1 Å². The molecule has 146 valence electrons. The smallest absolute Gasteiger partial charge is 0.416 e. The topological polar surface area (TPSA) is 18.5 Å². The Morgan fingerprint density at radius 3 is 1.63 bits per heavy atom. The van der Waals surface area contributed by atoms with Gasteiger partial charge in [0.25, 0.3) is 0 Å². The quantitative estimate of drug-likeness (QED) is 0.331. The number of hydrogen-bond acceptors (Lipinski definition) is 2. The summed E-state index contributed by atoms with van der Waals surface area (Å²) in [5, 5.41) is -0.598. The Balaban J connectivity index is 2.40. The van der Waals surface area contributed by atoms with Crippen molar-refractivity contribution in [2.24, 2.45) is 0 Å². The third-order valence-corrected chi connectivity index (χ3v) is 5.28. The van der Waals surface area contributed by atoms with E-state index in [2.05, 4.69) is 31.9 Å². The van der Waals surface area contributed by atoms with Crippen molar-refractivity contribution >= 4 is 78.3 Å². The normalized spacial score (nSPS) is 11.3. The van der Waals surface area contributed by atoms with Crippen LogP contribution in [0.15, 0.2) is 33.4 Å². The zero-order chi connectivity index (χ0) is 20.5. The highest BCUT2D eigenvalue weighted by molar-refractivity contribution is 9.28. The van der Waals surface area contributed by atoms with E-state index in [1.807, 2.05) is 0 Å². The Hall–Kier alpha value is -0.310. The molecule has 0 aliphatic carbocycles. The minimum Gasteiger partial charge on any atom is -0.460 e. The summed E-state index contributed by atoms with van der Waals surface area (Å²) in [4.78, 5) is 0. The third kappa shape index (κ3) is 5.84. The fraction of sp³-hybridized carbons (Fsp3) is 0.125. The van der Waals surface area contributed by atoms with Crippen LogP contribution in [0.25, 0.3) is 0 Å². The van der Waals surface area contributed by atoms with E-state index >= 15 is 0 Å². The summed E-state index contributed by atoms with van der Waals surface area (Å²) in [6.07, 6.45) is -4.60. The van der Waals surface area contributed by atoms with Crippen molar-refractivity contribution in [3.63, 3.8) is 0 Å². The third-order valence-electron chi connectivity index (χ3n) is 3.04. The van der Waals surface area contributed by atoms with E-state index in [9.17, 15) is 13.2 Å². The maximum atomic E-state index is 12.8.